The number of hydrogen-bond donors (Lipinski definition) is 1. The van der Waals surface area contributed by atoms with Crippen LogP contribution >= 0.6 is 0 Å². The van der Waals surface area contributed by atoms with Crippen molar-refractivity contribution in [1.82, 2.24) is 5.32 Å². The van der Waals surface area contributed by atoms with E-state index >= 15 is 0 Å². The number of rotatable bonds is 6. The van der Waals surface area contributed by atoms with Crippen LogP contribution in [-0.2, 0) is 15.1 Å². The highest BCUT2D eigenvalue weighted by Gasteiger charge is 2.39. The maximum Gasteiger partial charge on any atom is 0.330 e. The third kappa shape index (κ3) is 2.88. The van der Waals surface area contributed by atoms with Crippen molar-refractivity contribution >= 4 is 5.97 Å². The zero-order chi connectivity index (χ0) is 13.6. The number of hydrogen-bond acceptors (Lipinski definition) is 3. The molecule has 0 amide bonds. The van der Waals surface area contributed by atoms with Gasteiger partial charge in [0.25, 0.3) is 0 Å². The molecule has 0 spiro atoms. The standard InChI is InChI=1S/C14H20FNO2/c1-4-14(16-5-2,13(17)18-6-3)11-8-7-9-12(15)10-11/h7-10,16H,4-6H2,1-3H3. The molecule has 0 aliphatic heterocycles. The molecular formula is C14H20FNO2. The first kappa shape index (κ1) is 14.6. The summed E-state index contributed by atoms with van der Waals surface area (Å²) in [5.74, 6) is -0.715. The van der Waals surface area contributed by atoms with Crippen molar-refractivity contribution in [3.63, 3.8) is 0 Å². The molecule has 0 saturated carbocycles. The van der Waals surface area contributed by atoms with Gasteiger partial charge in [0, 0.05) is 0 Å². The molecule has 0 radical (unpaired) electrons. The summed E-state index contributed by atoms with van der Waals surface area (Å²) in [4.78, 5) is 12.2. The van der Waals surface area contributed by atoms with E-state index in [2.05, 4.69) is 5.32 Å². The summed E-state index contributed by atoms with van der Waals surface area (Å²) in [5.41, 5.74) is -0.363. The Labute approximate surface area is 107 Å². The molecular weight excluding hydrogens is 233 g/mol. The first-order valence-corrected chi connectivity index (χ1v) is 6.29. The molecule has 0 aliphatic rings. The van der Waals surface area contributed by atoms with Gasteiger partial charge in [0.2, 0.25) is 0 Å². The second-order valence-corrected chi connectivity index (χ2v) is 4.02. The lowest BCUT2D eigenvalue weighted by Crippen LogP contribution is -2.49. The third-order valence-electron chi connectivity index (χ3n) is 2.95. The van der Waals surface area contributed by atoms with Gasteiger partial charge in [0.1, 0.15) is 11.4 Å². The molecule has 100 valence electrons. The molecule has 1 atom stereocenters. The maximum absolute atomic E-state index is 13.3. The van der Waals surface area contributed by atoms with Crippen LogP contribution in [0.3, 0.4) is 0 Å². The van der Waals surface area contributed by atoms with E-state index in [-0.39, 0.29) is 11.8 Å². The van der Waals surface area contributed by atoms with E-state index in [0.29, 0.717) is 25.1 Å². The van der Waals surface area contributed by atoms with Gasteiger partial charge in [-0.25, -0.2) is 9.18 Å². The molecule has 1 aromatic carbocycles. The SMILES string of the molecule is CCNC(CC)(C(=O)OCC)c1cccc(F)c1. The van der Waals surface area contributed by atoms with E-state index in [1.807, 2.05) is 13.8 Å². The highest BCUT2D eigenvalue weighted by Crippen LogP contribution is 2.27. The lowest BCUT2D eigenvalue weighted by molar-refractivity contribution is -0.152. The van der Waals surface area contributed by atoms with E-state index < -0.39 is 5.54 Å². The minimum absolute atomic E-state index is 0.307. The Hall–Kier alpha value is -1.42. The Morgan fingerprint density at radius 2 is 2.11 bits per heavy atom. The van der Waals surface area contributed by atoms with Crippen LogP contribution in [0.2, 0.25) is 0 Å². The van der Waals surface area contributed by atoms with Gasteiger partial charge in [-0.05, 0) is 37.6 Å². The molecule has 1 unspecified atom stereocenters. The van der Waals surface area contributed by atoms with Gasteiger partial charge in [-0.2, -0.15) is 0 Å². The van der Waals surface area contributed by atoms with Crippen LogP contribution in [-0.4, -0.2) is 19.1 Å². The molecule has 1 N–H and O–H groups in total. The minimum atomic E-state index is -0.965. The fraction of sp³-hybridized carbons (Fsp3) is 0.500. The van der Waals surface area contributed by atoms with Crippen LogP contribution in [0.4, 0.5) is 4.39 Å². The van der Waals surface area contributed by atoms with Gasteiger partial charge >= 0.3 is 5.97 Å². The van der Waals surface area contributed by atoms with Crippen molar-refractivity contribution in [2.24, 2.45) is 0 Å². The van der Waals surface area contributed by atoms with Crippen LogP contribution in [0.25, 0.3) is 0 Å². The maximum atomic E-state index is 13.3. The first-order chi connectivity index (χ1) is 8.60. The van der Waals surface area contributed by atoms with Gasteiger partial charge in [0.05, 0.1) is 6.61 Å². The predicted octanol–water partition coefficient (Wildman–Crippen LogP) is 2.60. The second-order valence-electron chi connectivity index (χ2n) is 4.02. The Morgan fingerprint density at radius 3 is 2.61 bits per heavy atom. The molecule has 1 rings (SSSR count). The van der Waals surface area contributed by atoms with Crippen LogP contribution in [0, 0.1) is 5.82 Å². The normalized spacial score (nSPS) is 14.0. The topological polar surface area (TPSA) is 38.3 Å². The average Bonchev–Trinajstić information content (AvgIpc) is 2.36. The van der Waals surface area contributed by atoms with Crippen LogP contribution in [0.1, 0.15) is 32.8 Å². The van der Waals surface area contributed by atoms with Crippen molar-refractivity contribution < 1.29 is 13.9 Å². The summed E-state index contributed by atoms with van der Waals surface area (Å²) in [7, 11) is 0. The molecule has 4 heteroatoms. The number of carbonyl (C=O) groups is 1. The fourth-order valence-corrected chi connectivity index (χ4v) is 2.08. The number of carbonyl (C=O) groups excluding carboxylic acids is 1. The van der Waals surface area contributed by atoms with Crippen molar-refractivity contribution in [3.05, 3.63) is 35.6 Å². The Bertz CT molecular complexity index is 409. The van der Waals surface area contributed by atoms with E-state index in [1.54, 1.807) is 19.1 Å². The molecule has 3 nitrogen and oxygen atoms in total. The van der Waals surface area contributed by atoms with E-state index in [4.69, 9.17) is 4.74 Å². The summed E-state index contributed by atoms with van der Waals surface area (Å²) in [6.07, 6.45) is 0.503. The monoisotopic (exact) mass is 253 g/mol. The zero-order valence-corrected chi connectivity index (χ0v) is 11.1. The lowest BCUT2D eigenvalue weighted by atomic mass is 9.87. The highest BCUT2D eigenvalue weighted by molar-refractivity contribution is 5.82. The first-order valence-electron chi connectivity index (χ1n) is 6.29. The Morgan fingerprint density at radius 1 is 1.39 bits per heavy atom. The van der Waals surface area contributed by atoms with Crippen molar-refractivity contribution in [2.45, 2.75) is 32.7 Å². The van der Waals surface area contributed by atoms with Crippen LogP contribution < -0.4 is 5.32 Å². The Balaban J connectivity index is 3.21. The van der Waals surface area contributed by atoms with Crippen molar-refractivity contribution in [1.29, 1.82) is 0 Å². The van der Waals surface area contributed by atoms with Crippen molar-refractivity contribution in [3.8, 4) is 0 Å². The number of nitrogens with one attached hydrogen (secondary N) is 1. The highest BCUT2D eigenvalue weighted by atomic mass is 19.1. The quantitative estimate of drug-likeness (QED) is 0.792. The van der Waals surface area contributed by atoms with E-state index in [1.165, 1.54) is 12.1 Å². The fourth-order valence-electron chi connectivity index (χ4n) is 2.08. The summed E-state index contributed by atoms with van der Waals surface area (Å²) >= 11 is 0. The largest absolute Gasteiger partial charge is 0.464 e. The summed E-state index contributed by atoms with van der Waals surface area (Å²) in [5, 5.41) is 3.13. The number of benzene rings is 1. The number of halogens is 1. The van der Waals surface area contributed by atoms with Gasteiger partial charge in [-0.1, -0.05) is 26.0 Å². The second kappa shape index (κ2) is 6.50. The predicted molar refractivity (Wildman–Crippen MR) is 68.7 cm³/mol. The number of ether oxygens (including phenoxy) is 1. The summed E-state index contributed by atoms with van der Waals surface area (Å²) in [6.45, 7) is 6.45. The molecule has 1 aromatic rings. The Kier molecular flexibility index (Phi) is 5.28. The number of esters is 1. The molecule has 0 bridgehead atoms. The summed E-state index contributed by atoms with van der Waals surface area (Å²) < 4.78 is 18.5. The van der Waals surface area contributed by atoms with Crippen molar-refractivity contribution in [2.75, 3.05) is 13.2 Å². The lowest BCUT2D eigenvalue weighted by Gasteiger charge is -2.31. The van der Waals surface area contributed by atoms with E-state index in [9.17, 15) is 9.18 Å². The number of likely N-dealkylation sites (N-methyl/N-ethyl adjacent to an activating group) is 1. The molecule has 0 heterocycles. The third-order valence-corrected chi connectivity index (χ3v) is 2.95. The molecule has 18 heavy (non-hydrogen) atoms. The smallest absolute Gasteiger partial charge is 0.330 e. The van der Waals surface area contributed by atoms with E-state index in [0.717, 1.165) is 0 Å². The molecule has 0 fully saturated rings. The van der Waals surface area contributed by atoms with Gasteiger partial charge < -0.3 is 4.74 Å². The van der Waals surface area contributed by atoms with Gasteiger partial charge in [-0.3, -0.25) is 5.32 Å². The minimum Gasteiger partial charge on any atom is -0.464 e. The molecule has 0 aromatic heterocycles. The zero-order valence-electron chi connectivity index (χ0n) is 11.1. The van der Waals surface area contributed by atoms with Gasteiger partial charge in [0.15, 0.2) is 0 Å². The summed E-state index contributed by atoms with van der Waals surface area (Å²) in [6, 6.07) is 6.09. The van der Waals surface area contributed by atoms with Crippen LogP contribution in [0.5, 0.6) is 0 Å². The van der Waals surface area contributed by atoms with Gasteiger partial charge in [-0.15, -0.1) is 0 Å². The molecule has 0 saturated heterocycles. The average molecular weight is 253 g/mol. The van der Waals surface area contributed by atoms with Crippen LogP contribution in [0.15, 0.2) is 24.3 Å². The molecule has 0 aliphatic carbocycles.